The van der Waals surface area contributed by atoms with Crippen LogP contribution >= 0.6 is 0 Å². The number of piperidine rings is 1. The summed E-state index contributed by atoms with van der Waals surface area (Å²) in [5.74, 6) is 0. The fourth-order valence-electron chi connectivity index (χ4n) is 3.08. The van der Waals surface area contributed by atoms with Crippen molar-refractivity contribution in [2.24, 2.45) is 0 Å². The summed E-state index contributed by atoms with van der Waals surface area (Å²) in [7, 11) is 0. The van der Waals surface area contributed by atoms with E-state index < -0.39 is 0 Å². The van der Waals surface area contributed by atoms with E-state index >= 15 is 0 Å². The molecule has 3 rings (SSSR count). The summed E-state index contributed by atoms with van der Waals surface area (Å²) in [5, 5.41) is 6.37. The number of hydrogen-bond donors (Lipinski definition) is 1. The predicted molar refractivity (Wildman–Crippen MR) is 82.6 cm³/mol. The highest BCUT2D eigenvalue weighted by molar-refractivity contribution is 5.83. The van der Waals surface area contributed by atoms with Crippen LogP contribution in [0.3, 0.4) is 0 Å². The van der Waals surface area contributed by atoms with Gasteiger partial charge in [0.2, 0.25) is 0 Å². The molecule has 0 aromatic heterocycles. The van der Waals surface area contributed by atoms with Crippen LogP contribution in [0.15, 0.2) is 36.4 Å². The van der Waals surface area contributed by atoms with Gasteiger partial charge in [0.05, 0.1) is 0 Å². The maximum atomic E-state index is 3.63. The lowest BCUT2D eigenvalue weighted by Crippen LogP contribution is -2.34. The molecule has 1 nitrogen and oxygen atoms in total. The minimum absolute atomic E-state index is 0.738. The molecule has 2 aromatic rings. The number of benzene rings is 2. The van der Waals surface area contributed by atoms with Crippen molar-refractivity contribution < 1.29 is 0 Å². The highest BCUT2D eigenvalue weighted by Crippen LogP contribution is 2.20. The van der Waals surface area contributed by atoms with Crippen molar-refractivity contribution in [3.05, 3.63) is 47.5 Å². The molecule has 1 saturated heterocycles. The number of hydrogen-bond acceptors (Lipinski definition) is 1. The minimum Gasteiger partial charge on any atom is -0.314 e. The van der Waals surface area contributed by atoms with E-state index in [1.807, 2.05) is 0 Å². The van der Waals surface area contributed by atoms with Crippen molar-refractivity contribution in [3.8, 4) is 0 Å². The van der Waals surface area contributed by atoms with Gasteiger partial charge in [-0.1, -0.05) is 48.4 Å². The molecule has 1 fully saturated rings. The summed E-state index contributed by atoms with van der Waals surface area (Å²) in [6.07, 6.45) is 6.58. The molecule has 0 spiro atoms. The van der Waals surface area contributed by atoms with E-state index in [0.717, 1.165) is 6.04 Å². The molecule has 1 heteroatoms. The highest BCUT2D eigenvalue weighted by atomic mass is 14.9. The molecule has 1 atom stereocenters. The molecule has 19 heavy (non-hydrogen) atoms. The Labute approximate surface area is 116 Å². The molecule has 0 aliphatic carbocycles. The highest BCUT2D eigenvalue weighted by Gasteiger charge is 2.12. The van der Waals surface area contributed by atoms with Crippen LogP contribution in [0.2, 0.25) is 0 Å². The molecule has 1 N–H and O–H groups in total. The van der Waals surface area contributed by atoms with Gasteiger partial charge in [0.25, 0.3) is 0 Å². The van der Waals surface area contributed by atoms with Crippen LogP contribution in [0, 0.1) is 6.92 Å². The summed E-state index contributed by atoms with van der Waals surface area (Å²) in [5.41, 5.74) is 2.82. The van der Waals surface area contributed by atoms with E-state index in [0.29, 0.717) is 0 Å². The molecule has 0 saturated carbocycles. The maximum absolute atomic E-state index is 3.63. The lowest BCUT2D eigenvalue weighted by molar-refractivity contribution is 0.383. The molecule has 2 aromatic carbocycles. The number of aryl methyl sites for hydroxylation is 2. The molecule has 100 valence electrons. The van der Waals surface area contributed by atoms with E-state index in [2.05, 4.69) is 48.6 Å². The monoisotopic (exact) mass is 253 g/mol. The fraction of sp³-hybridized carbons (Fsp3) is 0.444. The van der Waals surface area contributed by atoms with Gasteiger partial charge >= 0.3 is 0 Å². The first-order chi connectivity index (χ1) is 9.31. The van der Waals surface area contributed by atoms with Crippen molar-refractivity contribution in [1.82, 2.24) is 5.32 Å². The molecule has 1 aliphatic heterocycles. The van der Waals surface area contributed by atoms with Crippen LogP contribution in [0.1, 0.15) is 36.8 Å². The third-order valence-electron chi connectivity index (χ3n) is 4.25. The smallest absolute Gasteiger partial charge is 0.00702 e. The second-order valence-electron chi connectivity index (χ2n) is 5.87. The van der Waals surface area contributed by atoms with Crippen LogP contribution in [-0.2, 0) is 6.42 Å². The standard InChI is InChI=1S/C18H23N/c1-14-5-8-17-13-15(6-9-16(17)12-14)7-10-18-4-2-3-11-19-18/h5-6,8-9,12-13,18-19H,2-4,7,10-11H2,1H3. The van der Waals surface area contributed by atoms with Crippen LogP contribution in [0.4, 0.5) is 0 Å². The molecular weight excluding hydrogens is 230 g/mol. The number of rotatable bonds is 3. The Hall–Kier alpha value is -1.34. The van der Waals surface area contributed by atoms with Gasteiger partial charge < -0.3 is 5.32 Å². The van der Waals surface area contributed by atoms with E-state index in [1.54, 1.807) is 0 Å². The van der Waals surface area contributed by atoms with Gasteiger partial charge in [0.15, 0.2) is 0 Å². The summed E-state index contributed by atoms with van der Waals surface area (Å²) >= 11 is 0. The zero-order chi connectivity index (χ0) is 13.1. The molecule has 1 heterocycles. The van der Waals surface area contributed by atoms with Gasteiger partial charge in [-0.15, -0.1) is 0 Å². The molecule has 1 aliphatic rings. The molecule has 0 radical (unpaired) electrons. The van der Waals surface area contributed by atoms with Crippen LogP contribution in [0.5, 0.6) is 0 Å². The predicted octanol–water partition coefficient (Wildman–Crippen LogP) is 4.22. The van der Waals surface area contributed by atoms with Crippen molar-refractivity contribution in [2.75, 3.05) is 6.54 Å². The Kier molecular flexibility index (Phi) is 3.84. The van der Waals surface area contributed by atoms with Gasteiger partial charge in [-0.05, 0) is 55.5 Å². The lowest BCUT2D eigenvalue weighted by atomic mass is 9.96. The molecule has 1 unspecified atom stereocenters. The summed E-state index contributed by atoms with van der Waals surface area (Å²) in [6, 6.07) is 14.4. The Balaban J connectivity index is 1.69. The first-order valence-electron chi connectivity index (χ1n) is 7.54. The largest absolute Gasteiger partial charge is 0.314 e. The lowest BCUT2D eigenvalue weighted by Gasteiger charge is -2.23. The first kappa shape index (κ1) is 12.7. The third-order valence-corrected chi connectivity index (χ3v) is 4.25. The quantitative estimate of drug-likeness (QED) is 0.863. The first-order valence-corrected chi connectivity index (χ1v) is 7.54. The topological polar surface area (TPSA) is 12.0 Å². The maximum Gasteiger partial charge on any atom is 0.00702 e. The van der Waals surface area contributed by atoms with Crippen LogP contribution in [0.25, 0.3) is 10.8 Å². The van der Waals surface area contributed by atoms with E-state index in [-0.39, 0.29) is 0 Å². The average Bonchev–Trinajstić information content (AvgIpc) is 2.46. The van der Waals surface area contributed by atoms with Crippen molar-refractivity contribution >= 4 is 10.8 Å². The van der Waals surface area contributed by atoms with Crippen LogP contribution < -0.4 is 5.32 Å². The van der Waals surface area contributed by atoms with Crippen molar-refractivity contribution in [3.63, 3.8) is 0 Å². The van der Waals surface area contributed by atoms with E-state index in [9.17, 15) is 0 Å². The van der Waals surface area contributed by atoms with Gasteiger partial charge in [0, 0.05) is 6.04 Å². The fourth-order valence-corrected chi connectivity index (χ4v) is 3.08. The second kappa shape index (κ2) is 5.75. The van der Waals surface area contributed by atoms with Gasteiger partial charge in [-0.2, -0.15) is 0 Å². The second-order valence-corrected chi connectivity index (χ2v) is 5.87. The third kappa shape index (κ3) is 3.16. The zero-order valence-electron chi connectivity index (χ0n) is 11.8. The van der Waals surface area contributed by atoms with E-state index in [1.165, 1.54) is 60.5 Å². The summed E-state index contributed by atoms with van der Waals surface area (Å²) in [6.45, 7) is 3.36. The molecular formula is C18H23N. The zero-order valence-corrected chi connectivity index (χ0v) is 11.8. The Bertz CT molecular complexity index is 553. The van der Waals surface area contributed by atoms with Gasteiger partial charge in [0.1, 0.15) is 0 Å². The summed E-state index contributed by atoms with van der Waals surface area (Å²) < 4.78 is 0. The Morgan fingerprint density at radius 1 is 1.05 bits per heavy atom. The molecule has 0 bridgehead atoms. The minimum atomic E-state index is 0.738. The molecule has 0 amide bonds. The number of nitrogens with one attached hydrogen (secondary N) is 1. The Morgan fingerprint density at radius 2 is 1.89 bits per heavy atom. The SMILES string of the molecule is Cc1ccc2cc(CCC3CCCCN3)ccc2c1. The van der Waals surface area contributed by atoms with Crippen molar-refractivity contribution in [2.45, 2.75) is 45.1 Å². The number of fused-ring (bicyclic) bond motifs is 1. The van der Waals surface area contributed by atoms with Gasteiger partial charge in [-0.3, -0.25) is 0 Å². The van der Waals surface area contributed by atoms with E-state index in [4.69, 9.17) is 0 Å². The normalized spacial score (nSPS) is 19.7. The Morgan fingerprint density at radius 3 is 2.74 bits per heavy atom. The summed E-state index contributed by atoms with van der Waals surface area (Å²) in [4.78, 5) is 0. The average molecular weight is 253 g/mol. The van der Waals surface area contributed by atoms with Crippen LogP contribution in [-0.4, -0.2) is 12.6 Å². The van der Waals surface area contributed by atoms with Crippen molar-refractivity contribution in [1.29, 1.82) is 0 Å². The van der Waals surface area contributed by atoms with Gasteiger partial charge in [-0.25, -0.2) is 0 Å².